The van der Waals surface area contributed by atoms with Crippen LogP contribution < -0.4 is 0 Å². The van der Waals surface area contributed by atoms with E-state index in [-0.39, 0.29) is 29.8 Å². The van der Waals surface area contributed by atoms with Gasteiger partial charge < -0.3 is 14.7 Å². The fraction of sp³-hybridized carbons (Fsp3) is 0.917. The molecule has 92 valence electrons. The number of aliphatic hydroxyl groups excluding tert-OH is 1. The van der Waals surface area contributed by atoms with Crippen molar-refractivity contribution in [2.75, 3.05) is 6.54 Å². The van der Waals surface area contributed by atoms with Gasteiger partial charge in [-0.05, 0) is 31.6 Å². The van der Waals surface area contributed by atoms with Gasteiger partial charge in [0.05, 0.1) is 12.6 Å². The lowest BCUT2D eigenvalue weighted by Crippen LogP contribution is -2.50. The molecule has 0 bridgehead atoms. The number of nitrogens with zero attached hydrogens (tertiary/aromatic N) is 1. The molecule has 1 aliphatic carbocycles. The second-order valence-electron chi connectivity index (χ2n) is 5.78. The van der Waals surface area contributed by atoms with Crippen molar-refractivity contribution >= 4 is 6.09 Å². The molecule has 1 amide bonds. The molecule has 2 rings (SSSR count). The third kappa shape index (κ3) is 2.03. The molecule has 1 heterocycles. The predicted octanol–water partition coefficient (Wildman–Crippen LogP) is 1.77. The van der Waals surface area contributed by atoms with E-state index in [0.717, 1.165) is 12.8 Å². The van der Waals surface area contributed by atoms with Gasteiger partial charge in [0, 0.05) is 6.04 Å². The lowest BCUT2D eigenvalue weighted by atomic mass is 9.71. The number of hydrogen-bond acceptors (Lipinski definition) is 3. The highest BCUT2D eigenvalue weighted by molar-refractivity contribution is 5.70. The highest BCUT2D eigenvalue weighted by Gasteiger charge is 2.44. The fourth-order valence-corrected chi connectivity index (χ4v) is 2.83. The zero-order valence-electron chi connectivity index (χ0n) is 10.3. The van der Waals surface area contributed by atoms with Gasteiger partial charge in [0.2, 0.25) is 0 Å². The van der Waals surface area contributed by atoms with Gasteiger partial charge in [-0.25, -0.2) is 4.79 Å². The summed E-state index contributed by atoms with van der Waals surface area (Å²) in [4.78, 5) is 13.5. The van der Waals surface area contributed by atoms with Crippen molar-refractivity contribution in [3.63, 3.8) is 0 Å². The van der Waals surface area contributed by atoms with Crippen LogP contribution in [-0.2, 0) is 4.74 Å². The molecule has 1 saturated heterocycles. The predicted molar refractivity (Wildman–Crippen MR) is 60.1 cm³/mol. The standard InChI is InChI=1S/C12H21NO3/c1-8-7-13(11(15)16-8)10-6-9(14)4-5-12(10,2)3/h8-10,14H,4-7H2,1-3H3. The van der Waals surface area contributed by atoms with Crippen molar-refractivity contribution in [2.24, 2.45) is 5.41 Å². The summed E-state index contributed by atoms with van der Waals surface area (Å²) in [6.07, 6.45) is 1.94. The molecular formula is C12H21NO3. The summed E-state index contributed by atoms with van der Waals surface area (Å²) in [5, 5.41) is 9.75. The van der Waals surface area contributed by atoms with Crippen molar-refractivity contribution in [3.05, 3.63) is 0 Å². The molecule has 2 fully saturated rings. The van der Waals surface area contributed by atoms with Crippen LogP contribution in [0.25, 0.3) is 0 Å². The summed E-state index contributed by atoms with van der Waals surface area (Å²) in [6.45, 7) is 6.89. The topological polar surface area (TPSA) is 49.8 Å². The van der Waals surface area contributed by atoms with Crippen LogP contribution in [0.4, 0.5) is 4.79 Å². The Morgan fingerprint density at radius 2 is 2.19 bits per heavy atom. The fourth-order valence-electron chi connectivity index (χ4n) is 2.83. The van der Waals surface area contributed by atoms with Crippen molar-refractivity contribution in [1.82, 2.24) is 4.90 Å². The molecule has 0 spiro atoms. The van der Waals surface area contributed by atoms with Crippen LogP contribution in [-0.4, -0.2) is 40.9 Å². The minimum absolute atomic E-state index is 0.0256. The lowest BCUT2D eigenvalue weighted by Gasteiger charge is -2.44. The number of aliphatic hydroxyl groups is 1. The second kappa shape index (κ2) is 3.91. The van der Waals surface area contributed by atoms with Crippen molar-refractivity contribution in [1.29, 1.82) is 0 Å². The number of carbonyl (C=O) groups is 1. The molecule has 1 aliphatic heterocycles. The summed E-state index contributed by atoms with van der Waals surface area (Å²) in [6, 6.07) is 0.105. The Bertz CT molecular complexity index is 290. The van der Waals surface area contributed by atoms with E-state index in [2.05, 4.69) is 13.8 Å². The number of cyclic esters (lactones) is 1. The Kier molecular flexibility index (Phi) is 2.86. The number of ether oxygens (including phenoxy) is 1. The van der Waals surface area contributed by atoms with Crippen LogP contribution in [0.2, 0.25) is 0 Å². The quantitative estimate of drug-likeness (QED) is 0.742. The van der Waals surface area contributed by atoms with Crippen LogP contribution in [0.3, 0.4) is 0 Å². The van der Waals surface area contributed by atoms with Crippen LogP contribution in [0.5, 0.6) is 0 Å². The number of amides is 1. The Morgan fingerprint density at radius 1 is 1.50 bits per heavy atom. The molecular weight excluding hydrogens is 206 g/mol. The van der Waals surface area contributed by atoms with Gasteiger partial charge in [-0.1, -0.05) is 13.8 Å². The molecule has 2 aliphatic rings. The van der Waals surface area contributed by atoms with E-state index < -0.39 is 0 Å². The molecule has 0 aromatic rings. The molecule has 3 atom stereocenters. The van der Waals surface area contributed by atoms with E-state index in [1.165, 1.54) is 0 Å². The molecule has 1 N–H and O–H groups in total. The third-order valence-electron chi connectivity index (χ3n) is 3.89. The van der Waals surface area contributed by atoms with E-state index in [4.69, 9.17) is 4.74 Å². The Balaban J connectivity index is 2.14. The van der Waals surface area contributed by atoms with Crippen molar-refractivity contribution in [3.8, 4) is 0 Å². The SMILES string of the molecule is CC1CN(C2CC(O)CCC2(C)C)C(=O)O1. The number of carbonyl (C=O) groups excluding carboxylic acids is 1. The summed E-state index contributed by atoms with van der Waals surface area (Å²) in [7, 11) is 0. The summed E-state index contributed by atoms with van der Waals surface area (Å²) in [5.74, 6) is 0. The van der Waals surface area contributed by atoms with E-state index in [0.29, 0.717) is 13.0 Å². The molecule has 0 aromatic heterocycles. The average molecular weight is 227 g/mol. The first-order valence-corrected chi connectivity index (χ1v) is 6.05. The lowest BCUT2D eigenvalue weighted by molar-refractivity contribution is 0.00850. The Hall–Kier alpha value is -0.770. The zero-order chi connectivity index (χ0) is 11.9. The molecule has 0 radical (unpaired) electrons. The van der Waals surface area contributed by atoms with Crippen LogP contribution in [0, 0.1) is 5.41 Å². The van der Waals surface area contributed by atoms with E-state index >= 15 is 0 Å². The number of hydrogen-bond donors (Lipinski definition) is 1. The minimum Gasteiger partial charge on any atom is -0.444 e. The van der Waals surface area contributed by atoms with E-state index in [1.54, 1.807) is 4.90 Å². The third-order valence-corrected chi connectivity index (χ3v) is 3.89. The van der Waals surface area contributed by atoms with Gasteiger partial charge in [0.1, 0.15) is 6.10 Å². The smallest absolute Gasteiger partial charge is 0.410 e. The van der Waals surface area contributed by atoms with E-state index in [1.807, 2.05) is 6.92 Å². The molecule has 4 heteroatoms. The molecule has 1 saturated carbocycles. The Labute approximate surface area is 96.6 Å². The van der Waals surface area contributed by atoms with Gasteiger partial charge in [0.25, 0.3) is 0 Å². The first kappa shape index (κ1) is 11.7. The second-order valence-corrected chi connectivity index (χ2v) is 5.78. The molecule has 0 aromatic carbocycles. The maximum absolute atomic E-state index is 11.7. The Morgan fingerprint density at radius 3 is 2.75 bits per heavy atom. The maximum atomic E-state index is 11.7. The minimum atomic E-state index is -0.276. The highest BCUT2D eigenvalue weighted by Crippen LogP contribution is 2.40. The van der Waals surface area contributed by atoms with Crippen molar-refractivity contribution < 1.29 is 14.6 Å². The summed E-state index contributed by atoms with van der Waals surface area (Å²) in [5.41, 5.74) is 0.0717. The largest absolute Gasteiger partial charge is 0.444 e. The van der Waals surface area contributed by atoms with Gasteiger partial charge in [-0.15, -0.1) is 0 Å². The first-order chi connectivity index (χ1) is 7.40. The molecule has 3 unspecified atom stereocenters. The van der Waals surface area contributed by atoms with Gasteiger partial charge >= 0.3 is 6.09 Å². The number of rotatable bonds is 1. The highest BCUT2D eigenvalue weighted by atomic mass is 16.6. The zero-order valence-corrected chi connectivity index (χ0v) is 10.3. The van der Waals surface area contributed by atoms with Crippen LogP contribution in [0.1, 0.15) is 40.0 Å². The van der Waals surface area contributed by atoms with E-state index in [9.17, 15) is 9.90 Å². The summed E-state index contributed by atoms with van der Waals surface area (Å²) < 4.78 is 5.16. The summed E-state index contributed by atoms with van der Waals surface area (Å²) >= 11 is 0. The monoisotopic (exact) mass is 227 g/mol. The molecule has 4 nitrogen and oxygen atoms in total. The van der Waals surface area contributed by atoms with Gasteiger partial charge in [-0.2, -0.15) is 0 Å². The average Bonchev–Trinajstić information content (AvgIpc) is 2.50. The van der Waals surface area contributed by atoms with Gasteiger partial charge in [-0.3, -0.25) is 0 Å². The molecule has 16 heavy (non-hydrogen) atoms. The van der Waals surface area contributed by atoms with Crippen LogP contribution >= 0.6 is 0 Å². The first-order valence-electron chi connectivity index (χ1n) is 6.05. The maximum Gasteiger partial charge on any atom is 0.410 e. The van der Waals surface area contributed by atoms with Crippen LogP contribution in [0.15, 0.2) is 0 Å². The normalized spacial score (nSPS) is 38.6. The van der Waals surface area contributed by atoms with Crippen molar-refractivity contribution in [2.45, 2.75) is 58.3 Å². The van der Waals surface area contributed by atoms with Gasteiger partial charge in [0.15, 0.2) is 0 Å².